The van der Waals surface area contributed by atoms with Crippen LogP contribution in [0.3, 0.4) is 0 Å². The summed E-state index contributed by atoms with van der Waals surface area (Å²) in [4.78, 5) is 33.6. The number of ether oxygens (including phenoxy) is 1. The molecular formula is C30H42N7O7S+. The van der Waals surface area contributed by atoms with Crippen molar-refractivity contribution in [3.63, 3.8) is 0 Å². The zero-order valence-electron chi connectivity index (χ0n) is 27.1. The number of hydroxylamine groups is 3. The summed E-state index contributed by atoms with van der Waals surface area (Å²) >= 11 is 0. The molecule has 3 aromatic rings. The van der Waals surface area contributed by atoms with Crippen molar-refractivity contribution in [1.82, 2.24) is 15.1 Å². The van der Waals surface area contributed by atoms with E-state index >= 15 is 0 Å². The lowest BCUT2D eigenvalue weighted by atomic mass is 9.78. The maximum atomic E-state index is 12.8. The van der Waals surface area contributed by atoms with Gasteiger partial charge in [0.05, 0.1) is 18.6 Å². The topological polar surface area (TPSA) is 175 Å². The molecule has 1 fully saturated rings. The second kappa shape index (κ2) is 12.0. The molecule has 0 unspecified atom stereocenters. The Morgan fingerprint density at radius 3 is 2.02 bits per heavy atom. The summed E-state index contributed by atoms with van der Waals surface area (Å²) in [7, 11) is -1.94. The van der Waals surface area contributed by atoms with Gasteiger partial charge < -0.3 is 19.9 Å². The Morgan fingerprint density at radius 2 is 1.53 bits per heavy atom. The third kappa shape index (κ3) is 7.96. The Labute approximate surface area is 263 Å². The number of quaternary nitrogens is 1. The van der Waals surface area contributed by atoms with Gasteiger partial charge in [0.2, 0.25) is 5.88 Å². The largest absolute Gasteiger partial charge is 0.473 e. The Hall–Kier alpha value is -4.08. The van der Waals surface area contributed by atoms with Crippen LogP contribution in [-0.4, -0.2) is 70.6 Å². The molecule has 0 radical (unpaired) electrons. The summed E-state index contributed by atoms with van der Waals surface area (Å²) < 4.78 is 41.0. The number of nitrogens with one attached hydrogen (secondary N) is 3. The van der Waals surface area contributed by atoms with Gasteiger partial charge in [-0.2, -0.15) is 13.1 Å². The van der Waals surface area contributed by atoms with Crippen molar-refractivity contribution in [2.24, 2.45) is 0 Å². The molecule has 14 nitrogen and oxygen atoms in total. The van der Waals surface area contributed by atoms with Crippen LogP contribution in [0.5, 0.6) is 5.88 Å². The Balaban J connectivity index is 1.32. The molecule has 4 rings (SSSR count). The average molecular weight is 645 g/mol. The smallest absolute Gasteiger partial charge is 0.324 e. The van der Waals surface area contributed by atoms with Gasteiger partial charge in [0.25, 0.3) is 5.91 Å². The summed E-state index contributed by atoms with van der Waals surface area (Å²) in [5.74, 6) is 0.719. The summed E-state index contributed by atoms with van der Waals surface area (Å²) in [6.07, 6.45) is 4.47. The lowest BCUT2D eigenvalue weighted by Crippen LogP contribution is -2.73. The van der Waals surface area contributed by atoms with E-state index in [0.717, 1.165) is 6.26 Å². The van der Waals surface area contributed by atoms with Crippen molar-refractivity contribution in [3.05, 3.63) is 54.2 Å². The average Bonchev–Trinajstić information content (AvgIpc) is 3.37. The number of aromatic nitrogens is 3. The number of hydrogen-bond donors (Lipinski definition) is 3. The first kappa shape index (κ1) is 33.8. The molecule has 0 atom stereocenters. The van der Waals surface area contributed by atoms with Crippen LogP contribution >= 0.6 is 0 Å². The number of piperidine rings is 1. The highest BCUT2D eigenvalue weighted by molar-refractivity contribution is 7.85. The van der Waals surface area contributed by atoms with Gasteiger partial charge in [-0.05, 0) is 52.0 Å². The number of carbonyl (C=O) groups excluding carboxylic acids is 2. The highest BCUT2D eigenvalue weighted by Crippen LogP contribution is 2.46. The monoisotopic (exact) mass is 644 g/mol. The molecule has 0 bridgehead atoms. The van der Waals surface area contributed by atoms with Crippen LogP contribution < -0.4 is 20.7 Å². The van der Waals surface area contributed by atoms with Crippen LogP contribution in [0.1, 0.15) is 77.6 Å². The van der Waals surface area contributed by atoms with Crippen molar-refractivity contribution < 1.29 is 36.2 Å². The van der Waals surface area contributed by atoms with Gasteiger partial charge in [-0.15, -0.1) is 0 Å². The minimum absolute atomic E-state index is 0.0845. The van der Waals surface area contributed by atoms with E-state index in [1.54, 1.807) is 37.4 Å². The number of rotatable bonds is 8. The molecule has 1 aliphatic rings. The molecule has 0 saturated carbocycles. The van der Waals surface area contributed by atoms with Crippen LogP contribution in [0.15, 0.2) is 47.2 Å². The van der Waals surface area contributed by atoms with Crippen molar-refractivity contribution in [3.8, 4) is 5.88 Å². The third-order valence-corrected chi connectivity index (χ3v) is 8.66. The highest BCUT2D eigenvalue weighted by Gasteiger charge is 2.61. The molecule has 1 aromatic carbocycles. The van der Waals surface area contributed by atoms with Gasteiger partial charge in [0.15, 0.2) is 5.82 Å². The lowest BCUT2D eigenvalue weighted by Gasteiger charge is -2.56. The minimum atomic E-state index is -3.71. The van der Waals surface area contributed by atoms with Crippen LogP contribution in [0.2, 0.25) is 0 Å². The molecule has 3 heterocycles. The summed E-state index contributed by atoms with van der Waals surface area (Å²) in [5, 5.41) is 11.9. The van der Waals surface area contributed by atoms with Crippen LogP contribution in [0.25, 0.3) is 0 Å². The second-order valence-electron chi connectivity index (χ2n) is 13.7. The van der Waals surface area contributed by atoms with E-state index < -0.39 is 33.1 Å². The summed E-state index contributed by atoms with van der Waals surface area (Å²) in [5.41, 5.74) is -0.375. The molecule has 1 saturated heterocycles. The number of amides is 3. The van der Waals surface area contributed by atoms with Crippen molar-refractivity contribution in [1.29, 1.82) is 0 Å². The fraction of sp³-hybridized carbons (Fsp3) is 0.500. The number of nitrogens with zero attached hydrogens (tertiary/aromatic N) is 4. The second-order valence-corrected chi connectivity index (χ2v) is 15.2. The van der Waals surface area contributed by atoms with E-state index in [2.05, 4.69) is 31.1 Å². The van der Waals surface area contributed by atoms with Crippen molar-refractivity contribution in [2.45, 2.75) is 83.9 Å². The minimum Gasteiger partial charge on any atom is -0.473 e. The molecule has 15 heteroatoms. The van der Waals surface area contributed by atoms with Gasteiger partial charge in [0.1, 0.15) is 35.7 Å². The molecule has 244 valence electrons. The normalized spacial score (nSPS) is 21.0. The Morgan fingerprint density at radius 1 is 0.956 bits per heavy atom. The maximum absolute atomic E-state index is 12.8. The lowest BCUT2D eigenvalue weighted by molar-refractivity contribution is -1.14. The van der Waals surface area contributed by atoms with Gasteiger partial charge in [-0.1, -0.05) is 30.2 Å². The highest BCUT2D eigenvalue weighted by atomic mass is 32.2. The van der Waals surface area contributed by atoms with Crippen LogP contribution in [0.4, 0.5) is 22.0 Å². The fourth-order valence-electron chi connectivity index (χ4n) is 5.37. The van der Waals surface area contributed by atoms with E-state index in [4.69, 9.17) is 13.5 Å². The number of benzene rings is 1. The molecule has 3 amide bonds. The number of anilines is 3. The Bertz CT molecular complexity index is 1630. The zero-order chi connectivity index (χ0) is 33.4. The molecule has 45 heavy (non-hydrogen) atoms. The molecule has 0 spiro atoms. The molecule has 3 N–H and O–H groups in total. The van der Waals surface area contributed by atoms with E-state index in [0.29, 0.717) is 35.8 Å². The van der Waals surface area contributed by atoms with Crippen LogP contribution in [0, 0.1) is 0 Å². The molecule has 0 aliphatic carbocycles. The number of hydrogen-bond acceptors (Lipinski definition) is 10. The van der Waals surface area contributed by atoms with E-state index in [1.165, 1.54) is 12.4 Å². The maximum Gasteiger partial charge on any atom is 0.324 e. The zero-order valence-corrected chi connectivity index (χ0v) is 27.9. The Kier molecular flexibility index (Phi) is 9.03. The van der Waals surface area contributed by atoms with Gasteiger partial charge in [0, 0.05) is 35.7 Å². The SMILES string of the molecule is CC(C)(C)c1cc(NC(=O)Nc2ccc(NC(=O)c3cnc(OC4CC(C)(C)[N+](C)(OS(C)(=O)=O)C(C)(C)C4)cn3)cc2)no1. The first-order valence-electron chi connectivity index (χ1n) is 14.4. The van der Waals surface area contributed by atoms with Gasteiger partial charge >= 0.3 is 16.1 Å². The summed E-state index contributed by atoms with van der Waals surface area (Å²) in [6.45, 7) is 13.7. The summed E-state index contributed by atoms with van der Waals surface area (Å²) in [6, 6.07) is 7.73. The molecular weight excluding hydrogens is 602 g/mol. The molecule has 2 aromatic heterocycles. The number of likely N-dealkylation sites (tertiary alicyclic amines) is 1. The first-order chi connectivity index (χ1) is 20.7. The van der Waals surface area contributed by atoms with Gasteiger partial charge in [-0.25, -0.2) is 14.8 Å². The van der Waals surface area contributed by atoms with E-state index in [-0.39, 0.29) is 27.7 Å². The number of urea groups is 1. The van der Waals surface area contributed by atoms with Crippen LogP contribution in [-0.2, 0) is 19.8 Å². The van der Waals surface area contributed by atoms with E-state index in [9.17, 15) is 18.0 Å². The van der Waals surface area contributed by atoms with Crippen molar-refractivity contribution >= 4 is 39.2 Å². The van der Waals surface area contributed by atoms with Crippen molar-refractivity contribution in [2.75, 3.05) is 29.3 Å². The number of carbonyl (C=O) groups is 2. The third-order valence-electron chi connectivity index (χ3n) is 8.09. The molecule has 1 aliphatic heterocycles. The standard InChI is InChI=1S/C30H41N7O7S/c1-28(2,3)23-14-24(36-43-23)35-27(39)34-20-12-10-19(11-13-20)33-26(38)22-17-32-25(18-31-22)42-21-15-29(4,5)37(8,30(6,7)16-21)44-45(9,40)41/h10-14,17-18,21H,15-16H2,1-9H3,(H2-,31,32,33,34,35,36,38,39)/p+1. The quantitative estimate of drug-likeness (QED) is 0.280. The van der Waals surface area contributed by atoms with Gasteiger partial charge in [-0.3, -0.25) is 10.1 Å². The predicted molar refractivity (Wildman–Crippen MR) is 168 cm³/mol. The predicted octanol–water partition coefficient (Wildman–Crippen LogP) is 5.09. The van der Waals surface area contributed by atoms with E-state index in [1.807, 2.05) is 48.5 Å². The fourth-order valence-corrected chi connectivity index (χ4v) is 6.32. The first-order valence-corrected chi connectivity index (χ1v) is 16.2.